The molecule has 0 spiro atoms. The van der Waals surface area contributed by atoms with Crippen LogP contribution in [0.3, 0.4) is 0 Å². The number of hydrogen-bond acceptors (Lipinski definition) is 3. The Bertz CT molecular complexity index is 805. The second-order valence-electron chi connectivity index (χ2n) is 6.70. The van der Waals surface area contributed by atoms with Crippen molar-refractivity contribution in [1.82, 2.24) is 9.88 Å². The SMILES string of the molecule is CC1=C2N(C)C=CN2c2cc(-c3ccccn3)ccc2C1C.CCC. The van der Waals surface area contributed by atoms with Gasteiger partial charge in [-0.2, -0.15) is 0 Å². The molecule has 25 heavy (non-hydrogen) atoms. The number of hydrogen-bond donors (Lipinski definition) is 0. The van der Waals surface area contributed by atoms with Gasteiger partial charge in [0.15, 0.2) is 0 Å². The summed E-state index contributed by atoms with van der Waals surface area (Å²) in [5.41, 5.74) is 6.22. The fourth-order valence-electron chi connectivity index (χ4n) is 3.38. The van der Waals surface area contributed by atoms with Gasteiger partial charge in [-0.1, -0.05) is 45.4 Å². The second-order valence-corrected chi connectivity index (χ2v) is 6.70. The van der Waals surface area contributed by atoms with Crippen LogP contribution in [0.15, 0.2) is 66.4 Å². The van der Waals surface area contributed by atoms with Gasteiger partial charge in [-0.05, 0) is 36.3 Å². The van der Waals surface area contributed by atoms with E-state index >= 15 is 0 Å². The molecule has 0 aliphatic carbocycles. The van der Waals surface area contributed by atoms with Crippen LogP contribution < -0.4 is 4.90 Å². The molecule has 1 aromatic carbocycles. The lowest BCUT2D eigenvalue weighted by Gasteiger charge is -2.35. The van der Waals surface area contributed by atoms with Crippen LogP contribution in [0.1, 0.15) is 45.6 Å². The molecule has 2 aliphatic heterocycles. The van der Waals surface area contributed by atoms with Crippen molar-refractivity contribution >= 4 is 5.69 Å². The number of anilines is 1. The Kier molecular flexibility index (Phi) is 4.93. The van der Waals surface area contributed by atoms with E-state index in [4.69, 9.17) is 0 Å². The largest absolute Gasteiger partial charge is 0.336 e. The van der Waals surface area contributed by atoms with Crippen LogP contribution in [0.5, 0.6) is 0 Å². The zero-order valence-corrected chi connectivity index (χ0v) is 15.8. The van der Waals surface area contributed by atoms with Gasteiger partial charge in [-0.3, -0.25) is 4.98 Å². The van der Waals surface area contributed by atoms with Crippen molar-refractivity contribution in [2.24, 2.45) is 0 Å². The van der Waals surface area contributed by atoms with E-state index in [-0.39, 0.29) is 0 Å². The predicted octanol–water partition coefficient (Wildman–Crippen LogP) is 5.74. The number of rotatable bonds is 1. The summed E-state index contributed by atoms with van der Waals surface area (Å²) in [5.74, 6) is 1.71. The molecule has 3 nitrogen and oxygen atoms in total. The van der Waals surface area contributed by atoms with Gasteiger partial charge in [-0.15, -0.1) is 0 Å². The summed E-state index contributed by atoms with van der Waals surface area (Å²) in [6.07, 6.45) is 7.36. The minimum absolute atomic E-state index is 0.432. The Hall–Kier alpha value is -2.55. The summed E-state index contributed by atoms with van der Waals surface area (Å²) < 4.78 is 0. The van der Waals surface area contributed by atoms with Crippen molar-refractivity contribution in [2.45, 2.75) is 40.0 Å². The third kappa shape index (κ3) is 3.07. The van der Waals surface area contributed by atoms with Crippen molar-refractivity contribution in [1.29, 1.82) is 0 Å². The number of pyridine rings is 1. The van der Waals surface area contributed by atoms with Gasteiger partial charge in [-0.25, -0.2) is 0 Å². The molecule has 2 aromatic rings. The summed E-state index contributed by atoms with van der Waals surface area (Å²) in [6, 6.07) is 12.7. The fraction of sp³-hybridized carbons (Fsp3) is 0.318. The minimum atomic E-state index is 0.432. The van der Waals surface area contributed by atoms with Crippen LogP contribution in [0.2, 0.25) is 0 Å². The lowest BCUT2D eigenvalue weighted by molar-refractivity contribution is 0.560. The highest BCUT2D eigenvalue weighted by Crippen LogP contribution is 2.44. The molecule has 4 rings (SSSR count). The topological polar surface area (TPSA) is 19.4 Å². The average molecular weight is 333 g/mol. The number of aromatic nitrogens is 1. The molecule has 0 radical (unpaired) electrons. The van der Waals surface area contributed by atoms with Gasteiger partial charge in [0.1, 0.15) is 5.82 Å². The molecule has 130 valence electrons. The molecule has 1 aromatic heterocycles. The third-order valence-electron chi connectivity index (χ3n) is 4.72. The summed E-state index contributed by atoms with van der Waals surface area (Å²) in [5, 5.41) is 0. The lowest BCUT2D eigenvalue weighted by Crippen LogP contribution is -2.27. The van der Waals surface area contributed by atoms with E-state index in [2.05, 4.69) is 86.2 Å². The Morgan fingerprint density at radius 1 is 1.08 bits per heavy atom. The molecule has 0 bridgehead atoms. The molecule has 0 N–H and O–H groups in total. The number of allylic oxidation sites excluding steroid dienone is 1. The van der Waals surface area contributed by atoms with Gasteiger partial charge in [0, 0.05) is 37.1 Å². The standard InChI is InChI=1S/C19H19N3.C3H8/c1-13-14(2)19-21(3)10-11-22(19)18-12-15(7-8-16(13)18)17-6-4-5-9-20-17;1-3-2/h4-13H,1-3H3;3H2,1-2H3. The smallest absolute Gasteiger partial charge is 0.116 e. The third-order valence-corrected chi connectivity index (χ3v) is 4.72. The van der Waals surface area contributed by atoms with Crippen molar-refractivity contribution in [2.75, 3.05) is 11.9 Å². The quantitative estimate of drug-likeness (QED) is 0.663. The minimum Gasteiger partial charge on any atom is -0.336 e. The molecule has 3 heterocycles. The van der Waals surface area contributed by atoms with E-state index in [0.717, 1.165) is 11.3 Å². The Balaban J connectivity index is 0.000000569. The van der Waals surface area contributed by atoms with Crippen LogP contribution in [-0.2, 0) is 0 Å². The molecule has 0 saturated heterocycles. The number of nitrogens with zero attached hydrogens (tertiary/aromatic N) is 3. The maximum atomic E-state index is 4.47. The van der Waals surface area contributed by atoms with Gasteiger partial charge >= 0.3 is 0 Å². The van der Waals surface area contributed by atoms with Crippen molar-refractivity contribution in [3.63, 3.8) is 0 Å². The van der Waals surface area contributed by atoms with E-state index in [9.17, 15) is 0 Å². The molecule has 0 fully saturated rings. The first kappa shape index (κ1) is 17.3. The first-order valence-electron chi connectivity index (χ1n) is 9.05. The zero-order valence-electron chi connectivity index (χ0n) is 15.8. The van der Waals surface area contributed by atoms with E-state index in [1.807, 2.05) is 18.3 Å². The van der Waals surface area contributed by atoms with Crippen molar-refractivity contribution < 1.29 is 0 Å². The first-order valence-corrected chi connectivity index (χ1v) is 9.05. The maximum Gasteiger partial charge on any atom is 0.116 e. The second kappa shape index (κ2) is 7.14. The van der Waals surface area contributed by atoms with Gasteiger partial charge in [0.2, 0.25) is 0 Å². The van der Waals surface area contributed by atoms with Crippen LogP contribution in [0.25, 0.3) is 11.3 Å². The fourth-order valence-corrected chi connectivity index (χ4v) is 3.38. The Morgan fingerprint density at radius 3 is 2.52 bits per heavy atom. The maximum absolute atomic E-state index is 4.47. The van der Waals surface area contributed by atoms with E-state index in [1.165, 1.54) is 29.1 Å². The normalized spacial score (nSPS) is 17.9. The first-order chi connectivity index (χ1) is 12.1. The predicted molar refractivity (Wildman–Crippen MR) is 106 cm³/mol. The van der Waals surface area contributed by atoms with Gasteiger partial charge < -0.3 is 9.80 Å². The average Bonchev–Trinajstić information content (AvgIpc) is 3.03. The van der Waals surface area contributed by atoms with E-state index in [0.29, 0.717) is 5.92 Å². The molecular formula is C22H27N3. The van der Waals surface area contributed by atoms with Crippen LogP contribution >= 0.6 is 0 Å². The molecule has 0 saturated carbocycles. The van der Waals surface area contributed by atoms with E-state index < -0.39 is 0 Å². The molecule has 3 heteroatoms. The molecule has 1 atom stereocenters. The highest BCUT2D eigenvalue weighted by Gasteiger charge is 2.31. The Morgan fingerprint density at radius 2 is 1.84 bits per heavy atom. The summed E-state index contributed by atoms with van der Waals surface area (Å²) in [4.78, 5) is 8.96. The van der Waals surface area contributed by atoms with Crippen molar-refractivity contribution in [3.05, 3.63) is 72.0 Å². The molecule has 2 aliphatic rings. The Labute approximate surface area is 151 Å². The summed E-state index contributed by atoms with van der Waals surface area (Å²) in [7, 11) is 2.11. The van der Waals surface area contributed by atoms with Crippen LogP contribution in [0, 0.1) is 0 Å². The monoisotopic (exact) mass is 333 g/mol. The van der Waals surface area contributed by atoms with Gasteiger partial charge in [0.05, 0.1) is 11.4 Å². The molecule has 0 amide bonds. The summed E-state index contributed by atoms with van der Waals surface area (Å²) in [6.45, 7) is 8.76. The zero-order chi connectivity index (χ0) is 18.0. The number of benzene rings is 1. The molecular weight excluding hydrogens is 306 g/mol. The van der Waals surface area contributed by atoms with Gasteiger partial charge in [0.25, 0.3) is 0 Å². The lowest BCUT2D eigenvalue weighted by atomic mass is 9.87. The highest BCUT2D eigenvalue weighted by molar-refractivity contribution is 5.74. The van der Waals surface area contributed by atoms with Crippen LogP contribution in [0.4, 0.5) is 5.69 Å². The highest BCUT2D eigenvalue weighted by atomic mass is 15.4. The number of fused-ring (bicyclic) bond motifs is 3. The summed E-state index contributed by atoms with van der Waals surface area (Å²) >= 11 is 0. The molecule has 1 unspecified atom stereocenters. The van der Waals surface area contributed by atoms with Crippen molar-refractivity contribution in [3.8, 4) is 11.3 Å². The van der Waals surface area contributed by atoms with E-state index in [1.54, 1.807) is 0 Å². The van der Waals surface area contributed by atoms with Crippen LogP contribution in [-0.4, -0.2) is 16.9 Å².